The van der Waals surface area contributed by atoms with Crippen molar-refractivity contribution < 1.29 is 27.7 Å². The number of halogens is 3. The Balaban J connectivity index is 1.64. The molecule has 5 rings (SSSR count). The summed E-state index contributed by atoms with van der Waals surface area (Å²) in [5.74, 6) is -1.92. The van der Waals surface area contributed by atoms with Crippen molar-refractivity contribution >= 4 is 23.3 Å². The number of anilines is 1. The molecule has 1 N–H and O–H groups in total. The smallest absolute Gasteiger partial charge is 0.339 e. The van der Waals surface area contributed by atoms with E-state index in [1.807, 2.05) is 6.07 Å². The molecule has 2 atom stereocenters. The molecule has 0 fully saturated rings. The molecule has 4 aromatic rings. The monoisotopic (exact) mass is 549 g/mol. The van der Waals surface area contributed by atoms with Gasteiger partial charge in [0, 0.05) is 35.7 Å². The normalized spacial score (nSPS) is 16.9. The first-order valence-electron chi connectivity index (χ1n) is 12.3. The first-order valence-corrected chi connectivity index (χ1v) is 12.3. The third-order valence-electron chi connectivity index (χ3n) is 6.72. The number of carbonyl (C=O) groups is 2. The molecule has 0 radical (unpaired) electrons. The van der Waals surface area contributed by atoms with Gasteiger partial charge in [0.15, 0.2) is 0 Å². The molecule has 3 aromatic carbocycles. The highest BCUT2D eigenvalue weighted by molar-refractivity contribution is 6.05. The summed E-state index contributed by atoms with van der Waals surface area (Å²) in [7, 11) is 0. The number of para-hydroxylation sites is 1. The lowest BCUT2D eigenvalue weighted by atomic mass is 9.82. The van der Waals surface area contributed by atoms with Crippen LogP contribution in [0.5, 0.6) is 0 Å². The third-order valence-corrected chi connectivity index (χ3v) is 6.72. The number of likely N-dealkylation sites (N-methyl/N-ethyl adjacent to an activating group) is 1. The van der Waals surface area contributed by atoms with Gasteiger partial charge in [0.2, 0.25) is 0 Å². The third kappa shape index (κ3) is 4.79. The predicted octanol–water partition coefficient (Wildman–Crippen LogP) is 5.10. The zero-order valence-corrected chi connectivity index (χ0v) is 21.0. The molecule has 9 nitrogen and oxygen atoms in total. The summed E-state index contributed by atoms with van der Waals surface area (Å²) in [6.07, 6.45) is -3.13. The number of amides is 2. The van der Waals surface area contributed by atoms with Crippen LogP contribution in [-0.2, 0) is 11.0 Å². The predicted molar refractivity (Wildman–Crippen MR) is 139 cm³/mol. The van der Waals surface area contributed by atoms with Crippen molar-refractivity contribution in [2.75, 3.05) is 11.4 Å². The number of aromatic nitrogens is 2. The maximum absolute atomic E-state index is 14.0. The van der Waals surface area contributed by atoms with Gasteiger partial charge in [-0.3, -0.25) is 24.6 Å². The van der Waals surface area contributed by atoms with Crippen molar-refractivity contribution in [3.8, 4) is 5.69 Å². The van der Waals surface area contributed by atoms with E-state index in [4.69, 9.17) is 0 Å². The molecule has 0 unspecified atom stereocenters. The van der Waals surface area contributed by atoms with Crippen LogP contribution in [-0.4, -0.2) is 39.1 Å². The maximum atomic E-state index is 14.0. The standard InChI is InChI=1S/C28H22F3N5O4/c1-2-34-26-22(16-32-35(26)20-11-4-3-5-12-20)23(17-8-7-13-21(15-17)36(39)40)24(27(34)38)33-25(37)18-9-6-10-19(14-18)28(29,30)31/h3-16,23-24H,2H2,1H3,(H,33,37)/t23-,24-/m0/s1. The van der Waals surface area contributed by atoms with E-state index in [0.717, 1.165) is 12.1 Å². The molecule has 1 aliphatic rings. The first-order chi connectivity index (χ1) is 19.1. The summed E-state index contributed by atoms with van der Waals surface area (Å²) in [5, 5.41) is 18.6. The molecule has 0 bridgehead atoms. The van der Waals surface area contributed by atoms with Crippen LogP contribution in [0.3, 0.4) is 0 Å². The number of nitrogens with zero attached hydrogens (tertiary/aromatic N) is 4. The first kappa shape index (κ1) is 26.6. The Bertz CT molecular complexity index is 1600. The topological polar surface area (TPSA) is 110 Å². The zero-order chi connectivity index (χ0) is 28.6. The van der Waals surface area contributed by atoms with E-state index >= 15 is 0 Å². The number of hydrogen-bond acceptors (Lipinski definition) is 5. The number of carbonyl (C=O) groups excluding carboxylic acids is 2. The van der Waals surface area contributed by atoms with Crippen LogP contribution >= 0.6 is 0 Å². The summed E-state index contributed by atoms with van der Waals surface area (Å²) < 4.78 is 41.4. The molecule has 204 valence electrons. The van der Waals surface area contributed by atoms with Gasteiger partial charge in [-0.1, -0.05) is 36.4 Å². The zero-order valence-electron chi connectivity index (χ0n) is 21.0. The highest BCUT2D eigenvalue weighted by Gasteiger charge is 2.44. The van der Waals surface area contributed by atoms with Gasteiger partial charge in [0.25, 0.3) is 17.5 Å². The van der Waals surface area contributed by atoms with Crippen LogP contribution in [0.4, 0.5) is 24.7 Å². The van der Waals surface area contributed by atoms with Crippen LogP contribution in [0.15, 0.2) is 85.1 Å². The SMILES string of the molecule is CCN1C(=O)[C@@H](NC(=O)c2cccc(C(F)(F)F)c2)[C@@H](c2cccc([N+](=O)[O-])c2)c2cnn(-c3ccccc3)c21. The second kappa shape index (κ2) is 10.3. The molecule has 0 spiro atoms. The number of alkyl halides is 3. The van der Waals surface area contributed by atoms with Crippen molar-refractivity contribution in [1.29, 1.82) is 0 Å². The number of benzene rings is 3. The molecule has 0 saturated heterocycles. The summed E-state index contributed by atoms with van der Waals surface area (Å²) in [4.78, 5) is 39.6. The van der Waals surface area contributed by atoms with Gasteiger partial charge in [-0.25, -0.2) is 4.68 Å². The molecule has 0 saturated carbocycles. The minimum absolute atomic E-state index is 0.196. The van der Waals surface area contributed by atoms with Crippen molar-refractivity contribution in [3.05, 3.63) is 117 Å². The second-order valence-corrected chi connectivity index (χ2v) is 9.11. The van der Waals surface area contributed by atoms with Gasteiger partial charge in [0.05, 0.1) is 22.4 Å². The van der Waals surface area contributed by atoms with E-state index in [-0.39, 0.29) is 17.8 Å². The van der Waals surface area contributed by atoms with Crippen molar-refractivity contribution in [2.24, 2.45) is 0 Å². The Kier molecular flexibility index (Phi) is 6.84. The highest BCUT2D eigenvalue weighted by atomic mass is 19.4. The second-order valence-electron chi connectivity index (χ2n) is 9.11. The molecular formula is C28H22F3N5O4. The van der Waals surface area contributed by atoms with Gasteiger partial charge in [-0.2, -0.15) is 18.3 Å². The largest absolute Gasteiger partial charge is 0.416 e. The lowest BCUT2D eigenvalue weighted by molar-refractivity contribution is -0.384. The van der Waals surface area contributed by atoms with Crippen molar-refractivity contribution in [1.82, 2.24) is 15.1 Å². The van der Waals surface area contributed by atoms with Gasteiger partial charge < -0.3 is 5.32 Å². The fourth-order valence-corrected chi connectivity index (χ4v) is 4.91. The number of nitro benzene ring substituents is 1. The van der Waals surface area contributed by atoms with E-state index in [1.165, 1.54) is 35.4 Å². The Labute approximate surface area is 226 Å². The van der Waals surface area contributed by atoms with Crippen LogP contribution < -0.4 is 10.2 Å². The maximum Gasteiger partial charge on any atom is 0.416 e. The van der Waals surface area contributed by atoms with E-state index in [1.54, 1.807) is 41.9 Å². The van der Waals surface area contributed by atoms with Crippen LogP contribution in [0.25, 0.3) is 5.69 Å². The van der Waals surface area contributed by atoms with Crippen LogP contribution in [0.2, 0.25) is 0 Å². The Morgan fingerprint density at radius 1 is 1.05 bits per heavy atom. The van der Waals surface area contributed by atoms with Crippen molar-refractivity contribution in [2.45, 2.75) is 25.1 Å². The minimum atomic E-state index is -4.66. The number of nitrogens with one attached hydrogen (secondary N) is 1. The molecule has 0 aliphatic carbocycles. The van der Waals surface area contributed by atoms with E-state index in [0.29, 0.717) is 28.7 Å². The van der Waals surface area contributed by atoms with E-state index in [9.17, 15) is 32.9 Å². The Hall–Kier alpha value is -5.00. The van der Waals surface area contributed by atoms with Crippen LogP contribution in [0.1, 0.15) is 39.9 Å². The summed E-state index contributed by atoms with van der Waals surface area (Å²) in [6, 6.07) is 17.3. The molecule has 12 heteroatoms. The van der Waals surface area contributed by atoms with E-state index < -0.39 is 40.4 Å². The number of rotatable bonds is 6. The average molecular weight is 550 g/mol. The van der Waals surface area contributed by atoms with Gasteiger partial charge >= 0.3 is 6.18 Å². The van der Waals surface area contributed by atoms with E-state index in [2.05, 4.69) is 10.4 Å². The van der Waals surface area contributed by atoms with Gasteiger partial charge in [0.1, 0.15) is 11.9 Å². The lowest BCUT2D eigenvalue weighted by Crippen LogP contribution is -2.55. The number of hydrogen-bond donors (Lipinski definition) is 1. The summed E-state index contributed by atoms with van der Waals surface area (Å²) in [6.45, 7) is 1.94. The average Bonchev–Trinajstić information content (AvgIpc) is 3.38. The molecular weight excluding hydrogens is 527 g/mol. The summed E-state index contributed by atoms with van der Waals surface area (Å²) in [5.41, 5.74) is 0.0323. The molecule has 1 aliphatic heterocycles. The lowest BCUT2D eigenvalue weighted by Gasteiger charge is -2.38. The Morgan fingerprint density at radius 2 is 1.77 bits per heavy atom. The minimum Gasteiger partial charge on any atom is -0.339 e. The fraction of sp³-hybridized carbons (Fsp3) is 0.179. The molecule has 2 heterocycles. The highest BCUT2D eigenvalue weighted by Crippen LogP contribution is 2.42. The number of nitro groups is 1. The van der Waals surface area contributed by atoms with Gasteiger partial charge in [-0.05, 0) is 42.8 Å². The summed E-state index contributed by atoms with van der Waals surface area (Å²) >= 11 is 0. The quantitative estimate of drug-likeness (QED) is 0.266. The molecule has 40 heavy (non-hydrogen) atoms. The molecule has 1 aromatic heterocycles. The molecule has 2 amide bonds. The van der Waals surface area contributed by atoms with Gasteiger partial charge in [-0.15, -0.1) is 0 Å². The Morgan fingerprint density at radius 3 is 2.45 bits per heavy atom. The van der Waals surface area contributed by atoms with Crippen LogP contribution in [0, 0.1) is 10.1 Å². The number of fused-ring (bicyclic) bond motifs is 1. The fourth-order valence-electron chi connectivity index (χ4n) is 4.91. The van der Waals surface area contributed by atoms with Crippen molar-refractivity contribution in [3.63, 3.8) is 0 Å². The number of non-ortho nitro benzene ring substituents is 1.